The van der Waals surface area contributed by atoms with E-state index >= 15 is 0 Å². The number of likely N-dealkylation sites (tertiary alicyclic amines) is 1. The highest BCUT2D eigenvalue weighted by Gasteiger charge is 2.27. The van der Waals surface area contributed by atoms with Crippen molar-refractivity contribution in [2.45, 2.75) is 12.5 Å². The van der Waals surface area contributed by atoms with Crippen molar-refractivity contribution in [3.05, 3.63) is 35.6 Å². The highest BCUT2D eigenvalue weighted by atomic mass is 127. The van der Waals surface area contributed by atoms with E-state index in [9.17, 15) is 4.39 Å². The zero-order chi connectivity index (χ0) is 19.1. The molecule has 2 heterocycles. The van der Waals surface area contributed by atoms with Gasteiger partial charge in [0.2, 0.25) is 0 Å². The minimum atomic E-state index is -0.235. The number of methoxy groups -OCH3 is 1. The van der Waals surface area contributed by atoms with Crippen molar-refractivity contribution in [2.24, 2.45) is 10.9 Å². The second kappa shape index (κ2) is 11.9. The van der Waals surface area contributed by atoms with E-state index in [0.29, 0.717) is 12.5 Å². The molecular formula is C20H32FIN4O2. The molecular weight excluding hydrogens is 474 g/mol. The molecule has 0 aliphatic carbocycles. The molecule has 2 unspecified atom stereocenters. The van der Waals surface area contributed by atoms with Crippen LogP contribution in [0.15, 0.2) is 29.3 Å². The lowest BCUT2D eigenvalue weighted by Gasteiger charge is -2.29. The maximum Gasteiger partial charge on any atom is 0.193 e. The summed E-state index contributed by atoms with van der Waals surface area (Å²) in [6, 6.07) is 6.46. The molecule has 158 valence electrons. The van der Waals surface area contributed by atoms with Crippen LogP contribution in [-0.4, -0.2) is 82.4 Å². The summed E-state index contributed by atoms with van der Waals surface area (Å²) in [4.78, 5) is 9.27. The third-order valence-electron chi connectivity index (χ3n) is 5.39. The van der Waals surface area contributed by atoms with Gasteiger partial charge in [-0.2, -0.15) is 0 Å². The van der Waals surface area contributed by atoms with Crippen molar-refractivity contribution in [3.8, 4) is 0 Å². The lowest BCUT2D eigenvalue weighted by molar-refractivity contribution is 0.0315. The van der Waals surface area contributed by atoms with Gasteiger partial charge in [-0.15, -0.1) is 24.0 Å². The average Bonchev–Trinajstić information content (AvgIpc) is 3.15. The summed E-state index contributed by atoms with van der Waals surface area (Å²) in [6.07, 6.45) is 1.04. The molecule has 2 fully saturated rings. The molecule has 2 aliphatic rings. The van der Waals surface area contributed by atoms with Gasteiger partial charge >= 0.3 is 0 Å². The van der Waals surface area contributed by atoms with Crippen LogP contribution >= 0.6 is 24.0 Å². The Bertz CT molecular complexity index is 611. The first kappa shape index (κ1) is 23.3. The summed E-state index contributed by atoms with van der Waals surface area (Å²) in [7, 11) is 3.49. The molecule has 0 spiro atoms. The molecule has 3 rings (SSSR count). The quantitative estimate of drug-likeness (QED) is 0.365. The minimum absolute atomic E-state index is 0. The standard InChI is InChI=1S/C20H31FN4O2.HI/c1-22-20(23-13-19(26-2)17-3-5-18(21)6-4-17)25-8-7-16(15-25)14-24-9-11-27-12-10-24;/h3-6,16,19H,7-15H2,1-2H3,(H,22,23);1H. The summed E-state index contributed by atoms with van der Waals surface area (Å²) in [5, 5.41) is 3.42. The van der Waals surface area contributed by atoms with Crippen LogP contribution in [0.1, 0.15) is 18.1 Å². The Balaban J connectivity index is 0.00000280. The van der Waals surface area contributed by atoms with Crippen LogP contribution in [0.4, 0.5) is 4.39 Å². The Morgan fingerprint density at radius 3 is 2.64 bits per heavy atom. The van der Waals surface area contributed by atoms with Crippen molar-refractivity contribution in [1.29, 1.82) is 0 Å². The summed E-state index contributed by atoms with van der Waals surface area (Å²) in [5.41, 5.74) is 0.952. The van der Waals surface area contributed by atoms with Crippen LogP contribution in [0.2, 0.25) is 0 Å². The van der Waals surface area contributed by atoms with E-state index in [1.165, 1.54) is 18.6 Å². The number of rotatable bonds is 6. The molecule has 1 aromatic rings. The van der Waals surface area contributed by atoms with E-state index in [1.54, 1.807) is 19.2 Å². The van der Waals surface area contributed by atoms with Crippen LogP contribution in [0.25, 0.3) is 0 Å². The van der Waals surface area contributed by atoms with Gasteiger partial charge in [0.25, 0.3) is 0 Å². The molecule has 0 bridgehead atoms. The molecule has 6 nitrogen and oxygen atoms in total. The number of hydrogen-bond donors (Lipinski definition) is 1. The maximum absolute atomic E-state index is 13.1. The zero-order valence-electron chi connectivity index (χ0n) is 16.8. The van der Waals surface area contributed by atoms with Crippen LogP contribution in [-0.2, 0) is 9.47 Å². The van der Waals surface area contributed by atoms with E-state index < -0.39 is 0 Å². The van der Waals surface area contributed by atoms with Gasteiger partial charge in [-0.05, 0) is 30.0 Å². The van der Waals surface area contributed by atoms with Crippen LogP contribution < -0.4 is 5.32 Å². The van der Waals surface area contributed by atoms with E-state index in [-0.39, 0.29) is 35.9 Å². The number of benzene rings is 1. The van der Waals surface area contributed by atoms with Gasteiger partial charge in [0, 0.05) is 53.4 Å². The predicted octanol–water partition coefficient (Wildman–Crippen LogP) is 2.36. The summed E-state index contributed by atoms with van der Waals surface area (Å²) in [5.74, 6) is 1.33. The molecule has 0 saturated carbocycles. The molecule has 0 amide bonds. The van der Waals surface area contributed by atoms with E-state index in [0.717, 1.165) is 57.5 Å². The SMILES string of the molecule is CN=C(NCC(OC)c1ccc(F)cc1)N1CCC(CN2CCOCC2)C1.I. The number of guanidine groups is 1. The fourth-order valence-electron chi connectivity index (χ4n) is 3.85. The number of ether oxygens (including phenoxy) is 2. The average molecular weight is 506 g/mol. The van der Waals surface area contributed by atoms with Crippen molar-refractivity contribution in [2.75, 3.05) is 66.6 Å². The van der Waals surface area contributed by atoms with E-state index in [4.69, 9.17) is 9.47 Å². The summed E-state index contributed by atoms with van der Waals surface area (Å²) >= 11 is 0. The molecule has 2 aliphatic heterocycles. The fraction of sp³-hybridized carbons (Fsp3) is 0.650. The highest BCUT2D eigenvalue weighted by Crippen LogP contribution is 2.19. The van der Waals surface area contributed by atoms with Crippen molar-refractivity contribution >= 4 is 29.9 Å². The molecule has 2 atom stereocenters. The lowest BCUT2D eigenvalue weighted by Crippen LogP contribution is -2.43. The molecule has 1 N–H and O–H groups in total. The van der Waals surface area contributed by atoms with Crippen LogP contribution in [0, 0.1) is 11.7 Å². The van der Waals surface area contributed by atoms with Gasteiger partial charge in [0.1, 0.15) is 5.82 Å². The van der Waals surface area contributed by atoms with Crippen molar-refractivity contribution in [3.63, 3.8) is 0 Å². The maximum atomic E-state index is 13.1. The normalized spacial score (nSPS) is 22.0. The zero-order valence-corrected chi connectivity index (χ0v) is 19.1. The van der Waals surface area contributed by atoms with E-state index in [2.05, 4.69) is 20.1 Å². The number of aliphatic imine (C=N–C) groups is 1. The highest BCUT2D eigenvalue weighted by molar-refractivity contribution is 14.0. The Morgan fingerprint density at radius 1 is 1.29 bits per heavy atom. The molecule has 28 heavy (non-hydrogen) atoms. The van der Waals surface area contributed by atoms with E-state index in [1.807, 2.05) is 7.05 Å². The third kappa shape index (κ3) is 6.53. The minimum Gasteiger partial charge on any atom is -0.379 e. The number of nitrogens with zero attached hydrogens (tertiary/aromatic N) is 3. The first-order valence-corrected chi connectivity index (χ1v) is 9.73. The number of morpholine rings is 1. The summed E-state index contributed by atoms with van der Waals surface area (Å²) < 4.78 is 24.2. The second-order valence-corrected chi connectivity index (χ2v) is 7.22. The Kier molecular flexibility index (Phi) is 9.90. The molecule has 0 radical (unpaired) electrons. The summed E-state index contributed by atoms with van der Waals surface area (Å²) in [6.45, 7) is 7.54. The second-order valence-electron chi connectivity index (χ2n) is 7.22. The van der Waals surface area contributed by atoms with Gasteiger partial charge in [0.05, 0.1) is 19.3 Å². The first-order valence-electron chi connectivity index (χ1n) is 9.73. The fourth-order valence-corrected chi connectivity index (χ4v) is 3.85. The van der Waals surface area contributed by atoms with Crippen LogP contribution in [0.5, 0.6) is 0 Å². The molecule has 1 aromatic carbocycles. The van der Waals surface area contributed by atoms with Gasteiger partial charge in [-0.3, -0.25) is 9.89 Å². The van der Waals surface area contributed by atoms with Gasteiger partial charge in [-0.1, -0.05) is 12.1 Å². The van der Waals surface area contributed by atoms with Gasteiger partial charge < -0.3 is 19.7 Å². The number of nitrogens with one attached hydrogen (secondary N) is 1. The molecule has 0 aromatic heterocycles. The molecule has 2 saturated heterocycles. The Hall–Kier alpha value is -0.970. The molecule has 8 heteroatoms. The monoisotopic (exact) mass is 506 g/mol. The first-order chi connectivity index (χ1) is 13.2. The van der Waals surface area contributed by atoms with Crippen molar-refractivity contribution < 1.29 is 13.9 Å². The third-order valence-corrected chi connectivity index (χ3v) is 5.39. The lowest BCUT2D eigenvalue weighted by atomic mass is 10.1. The van der Waals surface area contributed by atoms with Crippen LogP contribution in [0.3, 0.4) is 0 Å². The largest absolute Gasteiger partial charge is 0.379 e. The topological polar surface area (TPSA) is 49.3 Å². The number of halogens is 2. The number of hydrogen-bond acceptors (Lipinski definition) is 4. The predicted molar refractivity (Wildman–Crippen MR) is 120 cm³/mol. The van der Waals surface area contributed by atoms with Gasteiger partial charge in [-0.25, -0.2) is 4.39 Å². The van der Waals surface area contributed by atoms with Crippen molar-refractivity contribution in [1.82, 2.24) is 15.1 Å². The smallest absolute Gasteiger partial charge is 0.193 e. The Morgan fingerprint density at radius 2 is 2.00 bits per heavy atom. The van der Waals surface area contributed by atoms with Gasteiger partial charge in [0.15, 0.2) is 5.96 Å². The Labute approximate surface area is 184 Å².